The molecular formula is C15H24N2O2S2. The van der Waals surface area contributed by atoms with Crippen molar-refractivity contribution >= 4 is 27.5 Å². The van der Waals surface area contributed by atoms with E-state index < -0.39 is 10.0 Å². The van der Waals surface area contributed by atoms with E-state index in [2.05, 4.69) is 4.72 Å². The van der Waals surface area contributed by atoms with E-state index in [4.69, 9.17) is 5.73 Å². The second-order valence-electron chi connectivity index (χ2n) is 5.93. The Bertz CT molecular complexity index is 567. The minimum Gasteiger partial charge on any atom is -0.398 e. The molecule has 2 rings (SSSR count). The Balaban J connectivity index is 1.85. The molecule has 0 saturated heterocycles. The van der Waals surface area contributed by atoms with Gasteiger partial charge in [-0.25, -0.2) is 13.1 Å². The van der Waals surface area contributed by atoms with E-state index in [0.717, 1.165) is 30.6 Å². The van der Waals surface area contributed by atoms with Crippen LogP contribution in [0.3, 0.4) is 0 Å². The van der Waals surface area contributed by atoms with Crippen LogP contribution in [0.1, 0.15) is 39.0 Å². The number of thioether (sulfide) groups is 1. The van der Waals surface area contributed by atoms with Crippen LogP contribution in [0.2, 0.25) is 0 Å². The molecule has 0 radical (unpaired) electrons. The van der Waals surface area contributed by atoms with Crippen molar-refractivity contribution in [3.05, 3.63) is 24.3 Å². The lowest BCUT2D eigenvalue weighted by Crippen LogP contribution is -2.48. The van der Waals surface area contributed by atoms with Crippen LogP contribution in [0, 0.1) is 0 Å². The van der Waals surface area contributed by atoms with Crippen LogP contribution < -0.4 is 10.5 Å². The SMILES string of the molecule is CC1(NS(=O)(=O)CCSc2ccccc2N)CCCCC1. The summed E-state index contributed by atoms with van der Waals surface area (Å²) in [5, 5.41) is 0. The first-order valence-corrected chi connectivity index (χ1v) is 10.0. The van der Waals surface area contributed by atoms with Crippen LogP contribution in [0.4, 0.5) is 5.69 Å². The van der Waals surface area contributed by atoms with Gasteiger partial charge in [0, 0.05) is 21.9 Å². The maximum atomic E-state index is 12.2. The van der Waals surface area contributed by atoms with Crippen LogP contribution in [0.25, 0.3) is 0 Å². The highest BCUT2D eigenvalue weighted by molar-refractivity contribution is 8.00. The molecule has 0 bridgehead atoms. The number of hydrogen-bond acceptors (Lipinski definition) is 4. The second kappa shape index (κ2) is 7.03. The van der Waals surface area contributed by atoms with E-state index in [-0.39, 0.29) is 11.3 Å². The molecule has 1 saturated carbocycles. The molecule has 0 atom stereocenters. The van der Waals surface area contributed by atoms with Crippen LogP contribution in [-0.2, 0) is 10.0 Å². The Kier molecular flexibility index (Phi) is 5.57. The predicted molar refractivity (Wildman–Crippen MR) is 90.0 cm³/mol. The van der Waals surface area contributed by atoms with Crippen molar-refractivity contribution in [3.63, 3.8) is 0 Å². The van der Waals surface area contributed by atoms with Crippen molar-refractivity contribution in [1.82, 2.24) is 4.72 Å². The molecule has 0 unspecified atom stereocenters. The van der Waals surface area contributed by atoms with Gasteiger partial charge >= 0.3 is 0 Å². The van der Waals surface area contributed by atoms with E-state index in [1.165, 1.54) is 18.2 Å². The van der Waals surface area contributed by atoms with E-state index in [1.807, 2.05) is 31.2 Å². The maximum absolute atomic E-state index is 12.2. The lowest BCUT2D eigenvalue weighted by molar-refractivity contribution is 0.294. The first-order chi connectivity index (χ1) is 9.90. The zero-order valence-electron chi connectivity index (χ0n) is 12.5. The van der Waals surface area contributed by atoms with Gasteiger partial charge in [-0.2, -0.15) is 0 Å². The summed E-state index contributed by atoms with van der Waals surface area (Å²) in [4.78, 5) is 0.941. The number of hydrogen-bond donors (Lipinski definition) is 2. The second-order valence-corrected chi connectivity index (χ2v) is 8.91. The summed E-state index contributed by atoms with van der Waals surface area (Å²) in [5.41, 5.74) is 6.30. The molecule has 1 fully saturated rings. The van der Waals surface area contributed by atoms with Gasteiger partial charge in [0.15, 0.2) is 0 Å². The highest BCUT2D eigenvalue weighted by Crippen LogP contribution is 2.29. The zero-order valence-corrected chi connectivity index (χ0v) is 14.1. The Morgan fingerprint density at radius 1 is 1.24 bits per heavy atom. The Morgan fingerprint density at radius 2 is 1.90 bits per heavy atom. The Morgan fingerprint density at radius 3 is 2.57 bits per heavy atom. The Hall–Kier alpha value is -0.720. The van der Waals surface area contributed by atoms with Crippen molar-refractivity contribution in [2.45, 2.75) is 49.5 Å². The fraction of sp³-hybridized carbons (Fsp3) is 0.600. The number of nitrogen functional groups attached to an aromatic ring is 1. The highest BCUT2D eigenvalue weighted by Gasteiger charge is 2.30. The minimum atomic E-state index is -3.23. The molecule has 0 aliphatic heterocycles. The topological polar surface area (TPSA) is 72.2 Å². The first kappa shape index (κ1) is 16.6. The Labute approximate surface area is 131 Å². The van der Waals surface area contributed by atoms with E-state index in [0.29, 0.717) is 11.4 Å². The predicted octanol–water partition coefficient (Wildman–Crippen LogP) is 3.00. The summed E-state index contributed by atoms with van der Waals surface area (Å²) in [6, 6.07) is 7.54. The van der Waals surface area contributed by atoms with Crippen LogP contribution in [-0.4, -0.2) is 25.5 Å². The number of para-hydroxylation sites is 1. The molecule has 0 amide bonds. The third kappa shape index (κ3) is 5.20. The van der Waals surface area contributed by atoms with E-state index in [1.54, 1.807) is 0 Å². The smallest absolute Gasteiger partial charge is 0.212 e. The van der Waals surface area contributed by atoms with Gasteiger partial charge in [-0.15, -0.1) is 11.8 Å². The van der Waals surface area contributed by atoms with Crippen LogP contribution in [0.5, 0.6) is 0 Å². The molecule has 1 aromatic rings. The standard InChI is InChI=1S/C15H24N2O2S2/c1-15(9-5-2-6-10-15)17-21(18,19)12-11-20-14-8-4-3-7-13(14)16/h3-4,7-8,17H,2,5-6,9-12,16H2,1H3. The van der Waals surface area contributed by atoms with Gasteiger partial charge in [-0.1, -0.05) is 31.4 Å². The number of anilines is 1. The molecular weight excluding hydrogens is 304 g/mol. The number of benzene rings is 1. The average Bonchev–Trinajstić information content (AvgIpc) is 2.40. The third-order valence-electron chi connectivity index (χ3n) is 3.89. The molecule has 118 valence electrons. The molecule has 0 heterocycles. The summed E-state index contributed by atoms with van der Waals surface area (Å²) >= 11 is 1.49. The highest BCUT2D eigenvalue weighted by atomic mass is 32.2. The lowest BCUT2D eigenvalue weighted by Gasteiger charge is -2.34. The number of nitrogens with one attached hydrogen (secondary N) is 1. The molecule has 1 aliphatic carbocycles. The van der Waals surface area contributed by atoms with Gasteiger partial charge in [0.25, 0.3) is 0 Å². The molecule has 1 aliphatic rings. The van der Waals surface area contributed by atoms with Crippen molar-refractivity contribution in [2.24, 2.45) is 0 Å². The summed E-state index contributed by atoms with van der Waals surface area (Å²) in [6.07, 6.45) is 5.29. The van der Waals surface area contributed by atoms with E-state index >= 15 is 0 Å². The van der Waals surface area contributed by atoms with Gasteiger partial charge in [0.2, 0.25) is 10.0 Å². The average molecular weight is 329 g/mol. The van der Waals surface area contributed by atoms with Crippen molar-refractivity contribution < 1.29 is 8.42 Å². The number of sulfonamides is 1. The van der Waals surface area contributed by atoms with Crippen molar-refractivity contribution in [1.29, 1.82) is 0 Å². The molecule has 3 N–H and O–H groups in total. The maximum Gasteiger partial charge on any atom is 0.212 e. The minimum absolute atomic E-state index is 0.127. The molecule has 1 aromatic carbocycles. The molecule has 0 aromatic heterocycles. The monoisotopic (exact) mass is 328 g/mol. The zero-order chi connectivity index (χ0) is 15.3. The first-order valence-electron chi connectivity index (χ1n) is 7.39. The summed E-state index contributed by atoms with van der Waals surface area (Å²) in [5.74, 6) is 0.640. The fourth-order valence-corrected chi connectivity index (χ4v) is 5.63. The largest absolute Gasteiger partial charge is 0.398 e. The normalized spacial score (nSPS) is 18.5. The quantitative estimate of drug-likeness (QED) is 0.622. The van der Waals surface area contributed by atoms with Crippen molar-refractivity contribution in [2.75, 3.05) is 17.2 Å². The lowest BCUT2D eigenvalue weighted by atomic mass is 9.84. The van der Waals surface area contributed by atoms with Crippen molar-refractivity contribution in [3.8, 4) is 0 Å². The number of rotatable bonds is 6. The van der Waals surface area contributed by atoms with Crippen LogP contribution >= 0.6 is 11.8 Å². The van der Waals surface area contributed by atoms with Gasteiger partial charge in [0.05, 0.1) is 5.75 Å². The molecule has 21 heavy (non-hydrogen) atoms. The van der Waals surface area contributed by atoms with Gasteiger partial charge in [-0.05, 0) is 31.9 Å². The van der Waals surface area contributed by atoms with Gasteiger partial charge in [0.1, 0.15) is 0 Å². The fourth-order valence-electron chi connectivity index (χ4n) is 2.73. The molecule has 6 heteroatoms. The van der Waals surface area contributed by atoms with Gasteiger partial charge < -0.3 is 5.73 Å². The van der Waals surface area contributed by atoms with Gasteiger partial charge in [-0.3, -0.25) is 0 Å². The third-order valence-corrected chi connectivity index (χ3v) is 6.78. The summed E-state index contributed by atoms with van der Waals surface area (Å²) in [6.45, 7) is 2.02. The van der Waals surface area contributed by atoms with Crippen LogP contribution in [0.15, 0.2) is 29.2 Å². The molecule has 4 nitrogen and oxygen atoms in total. The number of nitrogens with two attached hydrogens (primary N) is 1. The summed E-state index contributed by atoms with van der Waals surface area (Å²) < 4.78 is 27.3. The summed E-state index contributed by atoms with van der Waals surface area (Å²) in [7, 11) is -3.23. The van der Waals surface area contributed by atoms with E-state index in [9.17, 15) is 8.42 Å². The molecule has 0 spiro atoms.